The van der Waals surface area contributed by atoms with Crippen molar-refractivity contribution in [2.75, 3.05) is 0 Å². The van der Waals surface area contributed by atoms with Gasteiger partial charge < -0.3 is 5.11 Å². The van der Waals surface area contributed by atoms with Gasteiger partial charge in [-0.25, -0.2) is 5.43 Å². The molecule has 0 spiro atoms. The minimum atomic E-state index is -0.399. The van der Waals surface area contributed by atoms with E-state index in [0.29, 0.717) is 0 Å². The third-order valence-corrected chi connectivity index (χ3v) is 3.63. The molecule has 0 heterocycles. The molecule has 2 N–H and O–H groups in total. The highest BCUT2D eigenvalue weighted by atomic mass is 16.3. The van der Waals surface area contributed by atoms with Crippen LogP contribution < -0.4 is 5.43 Å². The fourth-order valence-corrected chi connectivity index (χ4v) is 2.56. The minimum Gasteiger partial charge on any atom is -0.507 e. The number of phenols is 1. The molecule has 1 amide bonds. The van der Waals surface area contributed by atoms with Crippen LogP contribution in [0, 0.1) is 0 Å². The van der Waals surface area contributed by atoms with Gasteiger partial charge in [0.05, 0.1) is 11.3 Å². The maximum atomic E-state index is 12.0. The van der Waals surface area contributed by atoms with E-state index in [-0.39, 0.29) is 11.3 Å². The number of aryl methyl sites for hydroxylation is 1. The summed E-state index contributed by atoms with van der Waals surface area (Å²) in [7, 11) is 0. The summed E-state index contributed by atoms with van der Waals surface area (Å²) >= 11 is 0. The Morgan fingerprint density at radius 1 is 1.05 bits per heavy atom. The van der Waals surface area contributed by atoms with Crippen molar-refractivity contribution in [1.82, 2.24) is 5.43 Å². The molecule has 0 fully saturated rings. The van der Waals surface area contributed by atoms with E-state index in [0.717, 1.165) is 30.5 Å². The Kier molecular flexibility index (Phi) is 3.69. The lowest BCUT2D eigenvalue weighted by Crippen LogP contribution is -2.22. The van der Waals surface area contributed by atoms with Gasteiger partial charge in [0.15, 0.2) is 0 Å². The first-order chi connectivity index (χ1) is 10.3. The third kappa shape index (κ3) is 2.79. The molecule has 2 aromatic rings. The molecule has 1 aliphatic rings. The predicted octanol–water partition coefficient (Wildman–Crippen LogP) is 2.86. The molecular formula is C17H16N2O2. The summed E-state index contributed by atoms with van der Waals surface area (Å²) in [6, 6.07) is 14.5. The molecule has 21 heavy (non-hydrogen) atoms. The topological polar surface area (TPSA) is 61.7 Å². The lowest BCUT2D eigenvalue weighted by molar-refractivity contribution is 0.0952. The van der Waals surface area contributed by atoms with E-state index in [1.54, 1.807) is 18.2 Å². The van der Waals surface area contributed by atoms with E-state index in [1.165, 1.54) is 11.6 Å². The van der Waals surface area contributed by atoms with Gasteiger partial charge in [-0.2, -0.15) is 5.10 Å². The second-order valence-electron chi connectivity index (χ2n) is 5.03. The van der Waals surface area contributed by atoms with Crippen LogP contribution in [0.2, 0.25) is 0 Å². The molecule has 0 aromatic heterocycles. The Labute approximate surface area is 123 Å². The fraction of sp³-hybridized carbons (Fsp3) is 0.176. The number of carbonyl (C=O) groups is 1. The Bertz CT molecular complexity index is 707. The van der Waals surface area contributed by atoms with E-state index in [2.05, 4.69) is 16.6 Å². The highest BCUT2D eigenvalue weighted by Gasteiger charge is 2.16. The van der Waals surface area contributed by atoms with Gasteiger partial charge in [0.2, 0.25) is 0 Å². The zero-order valence-corrected chi connectivity index (χ0v) is 11.5. The largest absolute Gasteiger partial charge is 0.507 e. The Morgan fingerprint density at radius 2 is 1.81 bits per heavy atom. The van der Waals surface area contributed by atoms with Crippen LogP contribution >= 0.6 is 0 Å². The summed E-state index contributed by atoms with van der Waals surface area (Å²) in [4.78, 5) is 12.0. The van der Waals surface area contributed by atoms with Crippen molar-refractivity contribution in [3.8, 4) is 5.75 Å². The summed E-state index contributed by atoms with van der Waals surface area (Å²) in [5, 5.41) is 13.9. The van der Waals surface area contributed by atoms with Crippen LogP contribution in [0.3, 0.4) is 0 Å². The van der Waals surface area contributed by atoms with Gasteiger partial charge in [0.1, 0.15) is 5.75 Å². The first-order valence-corrected chi connectivity index (χ1v) is 6.99. The molecule has 4 nitrogen and oxygen atoms in total. The number of hydrogen-bond acceptors (Lipinski definition) is 3. The third-order valence-electron chi connectivity index (χ3n) is 3.63. The molecular weight excluding hydrogens is 264 g/mol. The fourth-order valence-electron chi connectivity index (χ4n) is 2.56. The van der Waals surface area contributed by atoms with Gasteiger partial charge in [0.25, 0.3) is 5.91 Å². The number of hydrazone groups is 1. The molecule has 0 bridgehead atoms. The lowest BCUT2D eigenvalue weighted by atomic mass is 9.90. The molecule has 0 unspecified atom stereocenters. The quantitative estimate of drug-likeness (QED) is 0.831. The zero-order chi connectivity index (χ0) is 14.7. The first-order valence-electron chi connectivity index (χ1n) is 6.99. The normalized spacial score (nSPS) is 15.5. The molecule has 0 saturated heterocycles. The number of carbonyl (C=O) groups excluding carboxylic acids is 1. The number of hydrogen-bond donors (Lipinski definition) is 2. The van der Waals surface area contributed by atoms with Crippen molar-refractivity contribution in [2.45, 2.75) is 19.3 Å². The maximum absolute atomic E-state index is 12.0. The number of nitrogens with zero attached hydrogens (tertiary/aromatic N) is 1. The number of aromatic hydroxyl groups is 1. The number of para-hydroxylation sites is 1. The van der Waals surface area contributed by atoms with Crippen LogP contribution in [0.4, 0.5) is 0 Å². The van der Waals surface area contributed by atoms with Crippen LogP contribution in [0.25, 0.3) is 0 Å². The number of amides is 1. The second-order valence-corrected chi connectivity index (χ2v) is 5.03. The molecule has 4 heteroatoms. The van der Waals surface area contributed by atoms with Crippen molar-refractivity contribution in [1.29, 1.82) is 0 Å². The summed E-state index contributed by atoms with van der Waals surface area (Å²) < 4.78 is 0. The Hall–Kier alpha value is -2.62. The van der Waals surface area contributed by atoms with Crippen LogP contribution in [0.15, 0.2) is 53.6 Å². The molecule has 106 valence electrons. The van der Waals surface area contributed by atoms with Gasteiger partial charge >= 0.3 is 0 Å². The van der Waals surface area contributed by atoms with E-state index in [1.807, 2.05) is 18.2 Å². The van der Waals surface area contributed by atoms with E-state index < -0.39 is 5.91 Å². The van der Waals surface area contributed by atoms with Gasteiger partial charge in [-0.15, -0.1) is 0 Å². The molecule has 0 aliphatic heterocycles. The lowest BCUT2D eigenvalue weighted by Gasteiger charge is -2.17. The highest BCUT2D eigenvalue weighted by Crippen LogP contribution is 2.21. The SMILES string of the molecule is O=C(NN=C1CCCc2ccccc21)c1ccccc1O. The van der Waals surface area contributed by atoms with Gasteiger partial charge in [-0.05, 0) is 37.0 Å². The number of fused-ring (bicyclic) bond motifs is 1. The monoisotopic (exact) mass is 280 g/mol. The predicted molar refractivity (Wildman–Crippen MR) is 81.5 cm³/mol. The average molecular weight is 280 g/mol. The molecule has 0 atom stereocenters. The van der Waals surface area contributed by atoms with E-state index in [4.69, 9.17) is 0 Å². The Morgan fingerprint density at radius 3 is 2.67 bits per heavy atom. The summed E-state index contributed by atoms with van der Waals surface area (Å²) in [6.07, 6.45) is 2.92. The number of rotatable bonds is 2. The minimum absolute atomic E-state index is 0.0424. The van der Waals surface area contributed by atoms with Crippen LogP contribution in [-0.2, 0) is 6.42 Å². The summed E-state index contributed by atoms with van der Waals surface area (Å²) in [6.45, 7) is 0. The van der Waals surface area contributed by atoms with Crippen molar-refractivity contribution in [3.05, 3.63) is 65.2 Å². The van der Waals surface area contributed by atoms with Crippen molar-refractivity contribution >= 4 is 11.6 Å². The molecule has 0 saturated carbocycles. The Balaban J connectivity index is 1.82. The second kappa shape index (κ2) is 5.79. The smallest absolute Gasteiger partial charge is 0.275 e. The molecule has 3 rings (SSSR count). The van der Waals surface area contributed by atoms with Crippen LogP contribution in [0.1, 0.15) is 34.3 Å². The number of nitrogens with one attached hydrogen (secondary N) is 1. The summed E-state index contributed by atoms with van der Waals surface area (Å²) in [5.41, 5.74) is 6.02. The van der Waals surface area contributed by atoms with E-state index in [9.17, 15) is 9.90 Å². The van der Waals surface area contributed by atoms with Crippen LogP contribution in [0.5, 0.6) is 5.75 Å². The molecule has 0 radical (unpaired) electrons. The van der Waals surface area contributed by atoms with Crippen molar-refractivity contribution < 1.29 is 9.90 Å². The number of benzene rings is 2. The van der Waals surface area contributed by atoms with Crippen LogP contribution in [-0.4, -0.2) is 16.7 Å². The molecule has 2 aromatic carbocycles. The number of phenolic OH excluding ortho intramolecular Hbond substituents is 1. The van der Waals surface area contributed by atoms with Gasteiger partial charge in [0, 0.05) is 5.56 Å². The highest BCUT2D eigenvalue weighted by molar-refractivity contribution is 6.04. The average Bonchev–Trinajstić information content (AvgIpc) is 2.53. The first kappa shape index (κ1) is 13.4. The maximum Gasteiger partial charge on any atom is 0.275 e. The van der Waals surface area contributed by atoms with Crippen molar-refractivity contribution in [2.24, 2.45) is 5.10 Å². The summed E-state index contributed by atoms with van der Waals surface area (Å²) in [5.74, 6) is -0.442. The standard InChI is InChI=1S/C17H16N2O2/c20-16-11-4-3-9-14(16)17(21)19-18-15-10-5-7-12-6-1-2-8-13(12)15/h1-4,6,8-9,11,20H,5,7,10H2,(H,19,21). The van der Waals surface area contributed by atoms with Gasteiger partial charge in [-0.3, -0.25) is 4.79 Å². The molecule has 1 aliphatic carbocycles. The van der Waals surface area contributed by atoms with Crippen molar-refractivity contribution in [3.63, 3.8) is 0 Å². The zero-order valence-electron chi connectivity index (χ0n) is 11.5. The van der Waals surface area contributed by atoms with Gasteiger partial charge in [-0.1, -0.05) is 36.4 Å². The van der Waals surface area contributed by atoms with E-state index >= 15 is 0 Å².